The fourth-order valence-electron chi connectivity index (χ4n) is 4.31. The molecule has 1 amide bonds. The van der Waals surface area contributed by atoms with Gasteiger partial charge in [0.1, 0.15) is 6.10 Å². The van der Waals surface area contributed by atoms with E-state index in [0.29, 0.717) is 12.5 Å². The van der Waals surface area contributed by atoms with E-state index in [2.05, 4.69) is 63.3 Å². The largest absolute Gasteiger partial charge is 0.363 e. The molecule has 0 aromatic heterocycles. The zero-order chi connectivity index (χ0) is 22.1. The van der Waals surface area contributed by atoms with Gasteiger partial charge >= 0.3 is 0 Å². The molecule has 2 aromatic rings. The van der Waals surface area contributed by atoms with Gasteiger partial charge < -0.3 is 10.1 Å². The Hall–Kier alpha value is -2.90. The van der Waals surface area contributed by atoms with Gasteiger partial charge in [0.05, 0.1) is 12.1 Å². The third kappa shape index (κ3) is 4.49. The van der Waals surface area contributed by atoms with Crippen LogP contribution in [-0.2, 0) is 21.7 Å². The van der Waals surface area contributed by atoms with Gasteiger partial charge in [-0.25, -0.2) is 5.53 Å². The first-order valence-electron chi connectivity index (χ1n) is 11.5. The lowest BCUT2D eigenvalue weighted by molar-refractivity contribution is -0.137. The molecule has 32 heavy (non-hydrogen) atoms. The highest BCUT2D eigenvalue weighted by Gasteiger charge is 2.47. The first-order valence-corrected chi connectivity index (χ1v) is 11.5. The van der Waals surface area contributed by atoms with Gasteiger partial charge in [-0.05, 0) is 54.2 Å². The molecule has 5 rings (SSSR count). The van der Waals surface area contributed by atoms with E-state index in [9.17, 15) is 4.79 Å². The number of hydrogen-bond donors (Lipinski definition) is 4. The van der Waals surface area contributed by atoms with Crippen molar-refractivity contribution < 1.29 is 9.53 Å². The summed E-state index contributed by atoms with van der Waals surface area (Å²) in [7, 11) is 0. The van der Waals surface area contributed by atoms with Crippen molar-refractivity contribution in [3.8, 4) is 0 Å². The molecule has 2 aromatic carbocycles. The highest BCUT2D eigenvalue weighted by molar-refractivity contribution is 5.98. The van der Waals surface area contributed by atoms with E-state index in [4.69, 9.17) is 4.74 Å². The Morgan fingerprint density at radius 3 is 2.59 bits per heavy atom. The maximum absolute atomic E-state index is 13.2. The number of nitrogens with zero attached hydrogens (tertiary/aromatic N) is 1. The minimum absolute atomic E-state index is 0.0323. The number of hydrazine groups is 2. The summed E-state index contributed by atoms with van der Waals surface area (Å²) in [5.41, 5.74) is 12.7. The Bertz CT molecular complexity index is 1010. The first-order chi connectivity index (χ1) is 15.5. The van der Waals surface area contributed by atoms with Crippen molar-refractivity contribution in [2.24, 2.45) is 11.0 Å². The minimum Gasteiger partial charge on any atom is -0.363 e. The molecule has 4 N–H and O–H groups in total. The third-order valence-corrected chi connectivity index (χ3v) is 6.52. The number of hydrazone groups is 1. The Labute approximate surface area is 188 Å². The van der Waals surface area contributed by atoms with Crippen LogP contribution in [-0.4, -0.2) is 17.8 Å². The van der Waals surface area contributed by atoms with Gasteiger partial charge in [0.25, 0.3) is 0 Å². The molecule has 0 saturated heterocycles. The van der Waals surface area contributed by atoms with Crippen LogP contribution in [0.3, 0.4) is 0 Å². The summed E-state index contributed by atoms with van der Waals surface area (Å²) in [5.74, 6) is 1.51. The molecule has 1 atom stereocenters. The Morgan fingerprint density at radius 1 is 1.19 bits per heavy atom. The minimum atomic E-state index is -0.481. The molecule has 0 bridgehead atoms. The van der Waals surface area contributed by atoms with Gasteiger partial charge in [0.15, 0.2) is 5.84 Å². The average Bonchev–Trinajstić information content (AvgIpc) is 3.73. The van der Waals surface area contributed by atoms with Crippen molar-refractivity contribution in [3.05, 3.63) is 70.8 Å². The highest BCUT2D eigenvalue weighted by atomic mass is 16.5. The van der Waals surface area contributed by atoms with Crippen LogP contribution in [0.25, 0.3) is 0 Å². The number of carbonyl (C=O) groups is 1. The highest BCUT2D eigenvalue weighted by Crippen LogP contribution is 2.45. The second-order valence-electron chi connectivity index (χ2n) is 9.47. The zero-order valence-corrected chi connectivity index (χ0v) is 18.7. The summed E-state index contributed by atoms with van der Waals surface area (Å²) in [6, 6.07) is 16.8. The van der Waals surface area contributed by atoms with Crippen LogP contribution in [0.2, 0.25) is 0 Å². The number of amides is 1. The summed E-state index contributed by atoms with van der Waals surface area (Å²) < 4.78 is 6.15. The number of benzene rings is 2. The summed E-state index contributed by atoms with van der Waals surface area (Å²) in [4.78, 5) is 13.2. The number of rotatable bonds is 9. The van der Waals surface area contributed by atoms with Crippen molar-refractivity contribution in [2.45, 2.75) is 63.7 Å². The second-order valence-corrected chi connectivity index (χ2v) is 9.47. The molecule has 3 aliphatic rings. The zero-order valence-electron chi connectivity index (χ0n) is 18.7. The monoisotopic (exact) mass is 433 g/mol. The first kappa shape index (κ1) is 21.0. The predicted molar refractivity (Wildman–Crippen MR) is 123 cm³/mol. The van der Waals surface area contributed by atoms with E-state index in [-0.39, 0.29) is 17.4 Å². The van der Waals surface area contributed by atoms with Crippen molar-refractivity contribution in [3.63, 3.8) is 0 Å². The Balaban J connectivity index is 1.23. The third-order valence-electron chi connectivity index (χ3n) is 6.52. The van der Waals surface area contributed by atoms with Crippen molar-refractivity contribution in [2.75, 3.05) is 0 Å². The van der Waals surface area contributed by atoms with Crippen LogP contribution >= 0.6 is 0 Å². The van der Waals surface area contributed by atoms with Crippen molar-refractivity contribution in [1.82, 2.24) is 21.8 Å². The average molecular weight is 434 g/mol. The molecule has 2 fully saturated rings. The van der Waals surface area contributed by atoms with E-state index in [0.717, 1.165) is 35.4 Å². The van der Waals surface area contributed by atoms with Gasteiger partial charge in [0.2, 0.25) is 5.91 Å². The van der Waals surface area contributed by atoms with Crippen molar-refractivity contribution in [1.29, 1.82) is 0 Å². The van der Waals surface area contributed by atoms with Crippen molar-refractivity contribution >= 4 is 11.7 Å². The van der Waals surface area contributed by atoms with E-state index >= 15 is 0 Å². The fraction of sp³-hybridized carbons (Fsp3) is 0.440. The van der Waals surface area contributed by atoms with E-state index in [1.807, 2.05) is 26.0 Å². The van der Waals surface area contributed by atoms with Gasteiger partial charge in [0, 0.05) is 5.56 Å². The smallest absolute Gasteiger partial charge is 0.250 e. The molecule has 2 saturated carbocycles. The summed E-state index contributed by atoms with van der Waals surface area (Å²) in [6.07, 6.45) is 3.96. The molecule has 1 aliphatic heterocycles. The quantitative estimate of drug-likeness (QED) is 0.488. The lowest BCUT2D eigenvalue weighted by Crippen LogP contribution is -2.44. The molecule has 0 radical (unpaired) electrons. The lowest BCUT2D eigenvalue weighted by Gasteiger charge is -2.25. The SMILES string of the molecule is CC(C)C(OCc1cccc(C2CC2)c1)C(=O)NC1(c2ccc(C3=NNNN3)cc2)CC1. The number of hydrogen-bond acceptors (Lipinski definition) is 6. The molecule has 7 nitrogen and oxygen atoms in total. The Kier molecular flexibility index (Phi) is 5.61. The summed E-state index contributed by atoms with van der Waals surface area (Å²) in [5, 5.41) is 7.42. The van der Waals surface area contributed by atoms with Gasteiger partial charge in [-0.2, -0.15) is 0 Å². The second kappa shape index (κ2) is 8.56. The van der Waals surface area contributed by atoms with Crippen LogP contribution < -0.4 is 21.8 Å². The number of nitrogens with one attached hydrogen (secondary N) is 4. The van der Waals surface area contributed by atoms with Gasteiger partial charge in [-0.3, -0.25) is 10.2 Å². The van der Waals surface area contributed by atoms with E-state index in [1.54, 1.807) is 0 Å². The fourth-order valence-corrected chi connectivity index (χ4v) is 4.31. The molecular formula is C25H31N5O2. The molecule has 2 aliphatic carbocycles. The van der Waals surface area contributed by atoms with E-state index < -0.39 is 6.10 Å². The summed E-state index contributed by atoms with van der Waals surface area (Å²) >= 11 is 0. The summed E-state index contributed by atoms with van der Waals surface area (Å²) in [6.45, 7) is 4.53. The molecule has 7 heteroatoms. The number of carbonyl (C=O) groups excluding carboxylic acids is 1. The molecule has 0 spiro atoms. The number of ether oxygens (including phenoxy) is 1. The normalized spacial score (nSPS) is 19.7. The van der Waals surface area contributed by atoms with Crippen LogP contribution in [0.5, 0.6) is 0 Å². The topological polar surface area (TPSA) is 86.8 Å². The molecule has 1 heterocycles. The maximum Gasteiger partial charge on any atom is 0.250 e. The molecular weight excluding hydrogens is 402 g/mol. The lowest BCUT2D eigenvalue weighted by atomic mass is 10.0. The van der Waals surface area contributed by atoms with Crippen LogP contribution in [0.1, 0.15) is 67.7 Å². The Morgan fingerprint density at radius 2 is 1.97 bits per heavy atom. The van der Waals surface area contributed by atoms with Crippen LogP contribution in [0, 0.1) is 5.92 Å². The predicted octanol–water partition coefficient (Wildman–Crippen LogP) is 3.18. The van der Waals surface area contributed by atoms with Gasteiger partial charge in [-0.15, -0.1) is 10.6 Å². The van der Waals surface area contributed by atoms with E-state index in [1.165, 1.54) is 18.4 Å². The van der Waals surface area contributed by atoms with Gasteiger partial charge in [-0.1, -0.05) is 62.4 Å². The number of amidine groups is 1. The van der Waals surface area contributed by atoms with Crippen LogP contribution in [0.4, 0.5) is 0 Å². The van der Waals surface area contributed by atoms with Crippen LogP contribution in [0.15, 0.2) is 53.6 Å². The maximum atomic E-state index is 13.2. The molecule has 1 unspecified atom stereocenters. The standard InChI is InChI=1S/C25H31N5O2/c1-16(2)22(32-15-17-4-3-5-20(14-17)18-6-7-18)24(31)26-25(12-13-25)21-10-8-19(9-11-21)23-27-29-30-28-23/h3-5,8-11,14,16,18,22,29-30H,6-7,12-13,15H2,1-2H3,(H,26,31)(H,27,28). The molecule has 168 valence electrons.